The number of benzene rings is 1. The molecule has 0 fully saturated rings. The van der Waals surface area contributed by atoms with Gasteiger partial charge in [-0.15, -0.1) is 0 Å². The molecule has 0 radical (unpaired) electrons. The lowest BCUT2D eigenvalue weighted by atomic mass is 10.1. The molecular weight excluding hydrogens is 276 g/mol. The number of aryl methyl sites for hydroxylation is 2. The maximum Gasteiger partial charge on any atom is 0.241 e. The Morgan fingerprint density at radius 1 is 1.25 bits per heavy atom. The molecule has 1 aromatic heterocycles. The third-order valence-electron chi connectivity index (χ3n) is 3.28. The van der Waals surface area contributed by atoms with Gasteiger partial charge < -0.3 is 10.2 Å². The zero-order valence-electron chi connectivity index (χ0n) is 11.7. The molecule has 2 aromatic rings. The third-order valence-corrected chi connectivity index (χ3v) is 4.97. The number of nitrogens with two attached hydrogens (primary N) is 1. The minimum Gasteiger partial charge on any atom is -0.472 e. The Bertz CT molecular complexity index is 719. The van der Waals surface area contributed by atoms with E-state index in [4.69, 9.17) is 10.2 Å². The van der Waals surface area contributed by atoms with Crippen molar-refractivity contribution in [3.63, 3.8) is 0 Å². The van der Waals surface area contributed by atoms with Gasteiger partial charge in [-0.2, -0.15) is 0 Å². The van der Waals surface area contributed by atoms with Crippen molar-refractivity contribution in [3.05, 3.63) is 46.9 Å². The molecule has 0 atom stereocenters. The molecule has 20 heavy (non-hydrogen) atoms. The standard InChI is InChI=1S/C14H18N2O3S/c1-9-6-10(2)14(11(3)13(9)15)20(17,18)16-7-12-4-5-19-8-12/h4-6,8,16H,7,15H2,1-3H3. The molecule has 0 saturated carbocycles. The highest BCUT2D eigenvalue weighted by Crippen LogP contribution is 2.27. The highest BCUT2D eigenvalue weighted by atomic mass is 32.2. The van der Waals surface area contributed by atoms with Crippen LogP contribution in [0.4, 0.5) is 5.69 Å². The zero-order chi connectivity index (χ0) is 14.9. The first kappa shape index (κ1) is 14.6. The maximum atomic E-state index is 12.4. The molecule has 0 saturated heterocycles. The van der Waals surface area contributed by atoms with Crippen molar-refractivity contribution in [2.45, 2.75) is 32.2 Å². The quantitative estimate of drug-likeness (QED) is 0.847. The molecular formula is C14H18N2O3S. The number of rotatable bonds is 4. The van der Waals surface area contributed by atoms with Crippen molar-refractivity contribution in [1.82, 2.24) is 4.72 Å². The van der Waals surface area contributed by atoms with Crippen LogP contribution in [0.5, 0.6) is 0 Å². The second-order valence-electron chi connectivity index (χ2n) is 4.83. The molecule has 0 bridgehead atoms. The van der Waals surface area contributed by atoms with Crippen LogP contribution in [0.25, 0.3) is 0 Å². The lowest BCUT2D eigenvalue weighted by Gasteiger charge is -2.15. The van der Waals surface area contributed by atoms with Gasteiger partial charge >= 0.3 is 0 Å². The molecule has 0 amide bonds. The van der Waals surface area contributed by atoms with E-state index in [-0.39, 0.29) is 11.4 Å². The monoisotopic (exact) mass is 294 g/mol. The number of sulfonamides is 1. The summed E-state index contributed by atoms with van der Waals surface area (Å²) in [6.07, 6.45) is 3.01. The van der Waals surface area contributed by atoms with Gasteiger partial charge in [-0.1, -0.05) is 6.07 Å². The number of hydrogen-bond acceptors (Lipinski definition) is 4. The SMILES string of the molecule is Cc1cc(C)c(S(=O)(=O)NCc2ccoc2)c(C)c1N. The Morgan fingerprint density at radius 3 is 2.55 bits per heavy atom. The number of furan rings is 1. The van der Waals surface area contributed by atoms with Crippen molar-refractivity contribution in [1.29, 1.82) is 0 Å². The zero-order valence-corrected chi connectivity index (χ0v) is 12.5. The average molecular weight is 294 g/mol. The Hall–Kier alpha value is -1.79. The summed E-state index contributed by atoms with van der Waals surface area (Å²) in [6, 6.07) is 3.50. The topological polar surface area (TPSA) is 85.3 Å². The van der Waals surface area contributed by atoms with Crippen LogP contribution >= 0.6 is 0 Å². The van der Waals surface area contributed by atoms with Gasteiger partial charge in [0.05, 0.1) is 17.4 Å². The second kappa shape index (κ2) is 5.30. The van der Waals surface area contributed by atoms with E-state index in [1.54, 1.807) is 26.0 Å². The van der Waals surface area contributed by atoms with Gasteiger partial charge in [0.15, 0.2) is 0 Å². The van der Waals surface area contributed by atoms with Crippen LogP contribution in [-0.4, -0.2) is 8.42 Å². The molecule has 5 nitrogen and oxygen atoms in total. The first-order valence-corrected chi connectivity index (χ1v) is 7.68. The normalized spacial score (nSPS) is 11.8. The van der Waals surface area contributed by atoms with Gasteiger partial charge in [0.2, 0.25) is 10.0 Å². The van der Waals surface area contributed by atoms with E-state index in [9.17, 15) is 8.42 Å². The van der Waals surface area contributed by atoms with Crippen molar-refractivity contribution in [3.8, 4) is 0 Å². The van der Waals surface area contributed by atoms with Crippen LogP contribution in [0.2, 0.25) is 0 Å². The Labute approximate surface area is 118 Å². The molecule has 0 aliphatic carbocycles. The van der Waals surface area contributed by atoms with E-state index >= 15 is 0 Å². The van der Waals surface area contributed by atoms with E-state index in [0.717, 1.165) is 11.1 Å². The summed E-state index contributed by atoms with van der Waals surface area (Å²) >= 11 is 0. The first-order valence-electron chi connectivity index (χ1n) is 6.20. The largest absolute Gasteiger partial charge is 0.472 e. The van der Waals surface area contributed by atoms with Gasteiger partial charge in [0, 0.05) is 17.8 Å². The first-order chi connectivity index (χ1) is 9.33. The number of anilines is 1. The Kier molecular flexibility index (Phi) is 3.87. The number of nitrogens with one attached hydrogen (secondary N) is 1. The predicted molar refractivity (Wildman–Crippen MR) is 77.8 cm³/mol. The van der Waals surface area contributed by atoms with E-state index in [1.807, 2.05) is 6.92 Å². The third kappa shape index (κ3) is 2.71. The highest BCUT2D eigenvalue weighted by Gasteiger charge is 2.21. The summed E-state index contributed by atoms with van der Waals surface area (Å²) in [6.45, 7) is 5.55. The predicted octanol–water partition coefficient (Wildman–Crippen LogP) is 2.27. The number of hydrogen-bond donors (Lipinski definition) is 2. The average Bonchev–Trinajstić information content (AvgIpc) is 2.86. The van der Waals surface area contributed by atoms with E-state index in [2.05, 4.69) is 4.72 Å². The smallest absolute Gasteiger partial charge is 0.241 e. The minimum atomic E-state index is -3.61. The van der Waals surface area contributed by atoms with Gasteiger partial charge in [-0.05, 0) is 43.5 Å². The Morgan fingerprint density at radius 2 is 1.95 bits per heavy atom. The summed E-state index contributed by atoms with van der Waals surface area (Å²) in [5.41, 5.74) is 9.37. The van der Waals surface area contributed by atoms with Crippen LogP contribution in [0.15, 0.2) is 34.0 Å². The van der Waals surface area contributed by atoms with Gasteiger partial charge in [-0.25, -0.2) is 13.1 Å². The number of nitrogen functional groups attached to an aromatic ring is 1. The van der Waals surface area contributed by atoms with E-state index in [1.165, 1.54) is 12.5 Å². The van der Waals surface area contributed by atoms with Gasteiger partial charge in [0.1, 0.15) is 0 Å². The summed E-state index contributed by atoms with van der Waals surface area (Å²) in [5.74, 6) is 0. The fraction of sp³-hybridized carbons (Fsp3) is 0.286. The van der Waals surface area contributed by atoms with Crippen molar-refractivity contribution in [2.75, 3.05) is 5.73 Å². The van der Waals surface area contributed by atoms with Crippen molar-refractivity contribution >= 4 is 15.7 Å². The minimum absolute atomic E-state index is 0.186. The fourth-order valence-electron chi connectivity index (χ4n) is 2.24. The summed E-state index contributed by atoms with van der Waals surface area (Å²) < 4.78 is 32.3. The molecule has 2 rings (SSSR count). The Balaban J connectivity index is 2.37. The summed E-state index contributed by atoms with van der Waals surface area (Å²) in [4.78, 5) is 0.254. The molecule has 6 heteroatoms. The lowest BCUT2D eigenvalue weighted by molar-refractivity contribution is 0.561. The molecule has 0 spiro atoms. The van der Waals surface area contributed by atoms with Crippen LogP contribution in [0, 0.1) is 20.8 Å². The van der Waals surface area contributed by atoms with Gasteiger partial charge in [0.25, 0.3) is 0 Å². The van der Waals surface area contributed by atoms with Crippen LogP contribution < -0.4 is 10.5 Å². The van der Waals surface area contributed by atoms with E-state index in [0.29, 0.717) is 16.8 Å². The molecule has 108 valence electrons. The molecule has 3 N–H and O–H groups in total. The molecule has 1 aromatic carbocycles. The second-order valence-corrected chi connectivity index (χ2v) is 6.54. The van der Waals surface area contributed by atoms with Crippen LogP contribution in [-0.2, 0) is 16.6 Å². The summed E-state index contributed by atoms with van der Waals surface area (Å²) in [5, 5.41) is 0. The molecule has 0 aliphatic rings. The lowest BCUT2D eigenvalue weighted by Crippen LogP contribution is -2.25. The van der Waals surface area contributed by atoms with Crippen molar-refractivity contribution < 1.29 is 12.8 Å². The maximum absolute atomic E-state index is 12.4. The van der Waals surface area contributed by atoms with Crippen LogP contribution in [0.1, 0.15) is 22.3 Å². The fourth-order valence-corrected chi connectivity index (χ4v) is 3.74. The van der Waals surface area contributed by atoms with Crippen molar-refractivity contribution in [2.24, 2.45) is 0 Å². The highest BCUT2D eigenvalue weighted by molar-refractivity contribution is 7.89. The van der Waals surface area contributed by atoms with E-state index < -0.39 is 10.0 Å². The summed E-state index contributed by atoms with van der Waals surface area (Å²) in [7, 11) is -3.61. The van der Waals surface area contributed by atoms with Crippen LogP contribution in [0.3, 0.4) is 0 Å². The molecule has 1 heterocycles. The van der Waals surface area contributed by atoms with Gasteiger partial charge in [-0.3, -0.25) is 0 Å². The molecule has 0 aliphatic heterocycles. The molecule has 0 unspecified atom stereocenters.